The zero-order chi connectivity index (χ0) is 15.4. The maximum atomic E-state index is 13.6. The van der Waals surface area contributed by atoms with Gasteiger partial charge < -0.3 is 10.4 Å². The summed E-state index contributed by atoms with van der Waals surface area (Å²) in [6, 6.07) is 9.30. The molecule has 5 heteroatoms. The molecule has 0 amide bonds. The van der Waals surface area contributed by atoms with Crippen molar-refractivity contribution in [2.24, 2.45) is 0 Å². The van der Waals surface area contributed by atoms with Crippen molar-refractivity contribution < 1.29 is 18.3 Å². The van der Waals surface area contributed by atoms with Crippen LogP contribution in [0.4, 0.5) is 13.2 Å². The quantitative estimate of drug-likeness (QED) is 0.885. The predicted molar refractivity (Wildman–Crippen MR) is 74.1 cm³/mol. The van der Waals surface area contributed by atoms with E-state index in [0.717, 1.165) is 6.07 Å². The van der Waals surface area contributed by atoms with Crippen molar-refractivity contribution in [1.29, 1.82) is 0 Å². The van der Waals surface area contributed by atoms with Gasteiger partial charge in [0.25, 0.3) is 0 Å². The first kappa shape index (κ1) is 15.5. The molecule has 0 saturated carbocycles. The molecule has 2 N–H and O–H groups in total. The first-order valence-electron chi connectivity index (χ1n) is 6.60. The molecule has 21 heavy (non-hydrogen) atoms. The van der Waals surface area contributed by atoms with Gasteiger partial charge in [-0.1, -0.05) is 30.3 Å². The van der Waals surface area contributed by atoms with Gasteiger partial charge in [-0.05, 0) is 19.1 Å². The third-order valence-electron chi connectivity index (χ3n) is 3.33. The molecular formula is C16H16F3NO. The third kappa shape index (κ3) is 3.62. The molecule has 0 bridgehead atoms. The van der Waals surface area contributed by atoms with E-state index in [1.165, 1.54) is 30.3 Å². The summed E-state index contributed by atoms with van der Waals surface area (Å²) in [5, 5.41) is 12.8. The van der Waals surface area contributed by atoms with E-state index in [4.69, 9.17) is 0 Å². The van der Waals surface area contributed by atoms with Crippen molar-refractivity contribution in [2.45, 2.75) is 19.1 Å². The predicted octanol–water partition coefficient (Wildman–Crippen LogP) is 3.49. The van der Waals surface area contributed by atoms with Crippen molar-refractivity contribution in [3.05, 3.63) is 71.0 Å². The van der Waals surface area contributed by atoms with Crippen molar-refractivity contribution in [3.8, 4) is 0 Å². The molecule has 0 radical (unpaired) electrons. The van der Waals surface area contributed by atoms with Crippen LogP contribution in [0.5, 0.6) is 0 Å². The van der Waals surface area contributed by atoms with Gasteiger partial charge >= 0.3 is 0 Å². The summed E-state index contributed by atoms with van der Waals surface area (Å²) in [4.78, 5) is 0. The Hall–Kier alpha value is -1.85. The van der Waals surface area contributed by atoms with Gasteiger partial charge in [-0.25, -0.2) is 13.2 Å². The van der Waals surface area contributed by atoms with Crippen LogP contribution in [0.15, 0.2) is 42.5 Å². The highest BCUT2D eigenvalue weighted by Gasteiger charge is 2.17. The van der Waals surface area contributed by atoms with E-state index in [0.29, 0.717) is 0 Å². The van der Waals surface area contributed by atoms with Crippen molar-refractivity contribution in [2.75, 3.05) is 6.54 Å². The van der Waals surface area contributed by atoms with Gasteiger partial charge in [-0.3, -0.25) is 0 Å². The van der Waals surface area contributed by atoms with Gasteiger partial charge in [-0.15, -0.1) is 0 Å². The third-order valence-corrected chi connectivity index (χ3v) is 3.33. The number of hydrogen-bond acceptors (Lipinski definition) is 2. The Morgan fingerprint density at radius 2 is 1.57 bits per heavy atom. The zero-order valence-corrected chi connectivity index (χ0v) is 11.5. The average Bonchev–Trinajstić information content (AvgIpc) is 2.47. The van der Waals surface area contributed by atoms with Crippen molar-refractivity contribution >= 4 is 0 Å². The Labute approximate surface area is 121 Å². The molecule has 2 aromatic rings. The van der Waals surface area contributed by atoms with Crippen LogP contribution in [0, 0.1) is 17.5 Å². The number of rotatable bonds is 5. The monoisotopic (exact) mass is 295 g/mol. The van der Waals surface area contributed by atoms with Crippen molar-refractivity contribution in [3.63, 3.8) is 0 Å². The van der Waals surface area contributed by atoms with Crippen molar-refractivity contribution in [1.82, 2.24) is 5.32 Å². The lowest BCUT2D eigenvalue weighted by atomic mass is 10.1. The first-order valence-corrected chi connectivity index (χ1v) is 6.60. The summed E-state index contributed by atoms with van der Waals surface area (Å²) in [6.07, 6.45) is -1.06. The number of aliphatic hydroxyl groups is 1. The number of halogens is 3. The van der Waals surface area contributed by atoms with E-state index in [1.807, 2.05) is 0 Å². The summed E-state index contributed by atoms with van der Waals surface area (Å²) >= 11 is 0. The lowest BCUT2D eigenvalue weighted by Crippen LogP contribution is -2.26. The minimum absolute atomic E-state index is 0.0258. The minimum atomic E-state index is -1.06. The molecule has 2 aromatic carbocycles. The van der Waals surface area contributed by atoms with Crippen LogP contribution in [0.3, 0.4) is 0 Å². The molecular weight excluding hydrogens is 279 g/mol. The second kappa shape index (κ2) is 6.74. The number of benzene rings is 2. The Morgan fingerprint density at radius 1 is 0.952 bits per heavy atom. The highest BCUT2D eigenvalue weighted by Crippen LogP contribution is 2.21. The topological polar surface area (TPSA) is 32.3 Å². The Morgan fingerprint density at radius 3 is 2.29 bits per heavy atom. The standard InChI is InChI=1S/C16H16F3NO/c1-10(11-6-4-8-14(18)16(11)19)20-9-15(21)12-5-2-3-7-13(12)17/h2-8,10,15,20-21H,9H2,1H3. The maximum Gasteiger partial charge on any atom is 0.163 e. The van der Waals surface area contributed by atoms with Gasteiger partial charge in [-0.2, -0.15) is 0 Å². The summed E-state index contributed by atoms with van der Waals surface area (Å²) in [7, 11) is 0. The molecule has 0 heterocycles. The molecule has 0 saturated heterocycles. The summed E-state index contributed by atoms with van der Waals surface area (Å²) in [5.74, 6) is -2.34. The van der Waals surface area contributed by atoms with Gasteiger partial charge in [0.15, 0.2) is 11.6 Å². The lowest BCUT2D eigenvalue weighted by Gasteiger charge is -2.18. The molecule has 2 rings (SSSR count). The second-order valence-electron chi connectivity index (χ2n) is 4.81. The van der Waals surface area contributed by atoms with Gasteiger partial charge in [0.05, 0.1) is 6.10 Å². The van der Waals surface area contributed by atoms with Crippen LogP contribution >= 0.6 is 0 Å². The van der Waals surface area contributed by atoms with Gasteiger partial charge in [0.2, 0.25) is 0 Å². The SMILES string of the molecule is CC(NCC(O)c1ccccc1F)c1cccc(F)c1F. The van der Waals surface area contributed by atoms with E-state index in [9.17, 15) is 18.3 Å². The molecule has 0 aliphatic carbocycles. The van der Waals surface area contributed by atoms with Crippen LogP contribution < -0.4 is 5.32 Å². The summed E-state index contributed by atoms with van der Waals surface area (Å²) in [5.41, 5.74) is 0.327. The molecule has 112 valence electrons. The average molecular weight is 295 g/mol. The first-order chi connectivity index (χ1) is 10.0. The van der Waals surface area contributed by atoms with E-state index in [1.54, 1.807) is 13.0 Å². The van der Waals surface area contributed by atoms with E-state index < -0.39 is 29.6 Å². The number of nitrogens with one attached hydrogen (secondary N) is 1. The normalized spacial score (nSPS) is 14.0. The number of hydrogen-bond donors (Lipinski definition) is 2. The maximum absolute atomic E-state index is 13.6. The summed E-state index contributed by atoms with van der Waals surface area (Å²) < 4.78 is 40.3. The largest absolute Gasteiger partial charge is 0.387 e. The molecule has 0 aromatic heterocycles. The van der Waals surface area contributed by atoms with E-state index >= 15 is 0 Å². The fraction of sp³-hybridized carbons (Fsp3) is 0.250. The molecule has 0 spiro atoms. The van der Waals surface area contributed by atoms with E-state index in [2.05, 4.69) is 5.32 Å². The van der Waals surface area contributed by atoms with E-state index in [-0.39, 0.29) is 17.7 Å². The fourth-order valence-corrected chi connectivity index (χ4v) is 2.11. The van der Waals surface area contributed by atoms with Gasteiger partial charge in [0, 0.05) is 23.7 Å². The highest BCUT2D eigenvalue weighted by molar-refractivity contribution is 5.23. The molecule has 2 nitrogen and oxygen atoms in total. The summed E-state index contributed by atoms with van der Waals surface area (Å²) in [6.45, 7) is 1.67. The Balaban J connectivity index is 2.03. The van der Waals surface area contributed by atoms with Crippen LogP contribution in [-0.4, -0.2) is 11.7 Å². The Kier molecular flexibility index (Phi) is 4.98. The minimum Gasteiger partial charge on any atom is -0.387 e. The zero-order valence-electron chi connectivity index (χ0n) is 11.5. The smallest absolute Gasteiger partial charge is 0.163 e. The molecule has 0 aliphatic heterocycles. The molecule has 0 aliphatic rings. The molecule has 2 unspecified atom stereocenters. The van der Waals surface area contributed by atoms with Crippen LogP contribution in [0.25, 0.3) is 0 Å². The molecule has 0 fully saturated rings. The highest BCUT2D eigenvalue weighted by atomic mass is 19.2. The number of aliphatic hydroxyl groups excluding tert-OH is 1. The fourth-order valence-electron chi connectivity index (χ4n) is 2.11. The lowest BCUT2D eigenvalue weighted by molar-refractivity contribution is 0.166. The van der Waals surface area contributed by atoms with Crippen LogP contribution in [-0.2, 0) is 0 Å². The second-order valence-corrected chi connectivity index (χ2v) is 4.81. The van der Waals surface area contributed by atoms with Crippen LogP contribution in [0.1, 0.15) is 30.2 Å². The molecule has 2 atom stereocenters. The van der Waals surface area contributed by atoms with Crippen LogP contribution in [0.2, 0.25) is 0 Å². The van der Waals surface area contributed by atoms with Gasteiger partial charge in [0.1, 0.15) is 5.82 Å². The Bertz CT molecular complexity index is 618.